The second-order valence-corrected chi connectivity index (χ2v) is 3.50. The summed E-state index contributed by atoms with van der Waals surface area (Å²) in [6.07, 6.45) is 2.99. The van der Waals surface area contributed by atoms with Crippen molar-refractivity contribution in [3.63, 3.8) is 0 Å². The van der Waals surface area contributed by atoms with Gasteiger partial charge in [0.05, 0.1) is 0 Å². The molecule has 2 rings (SSSR count). The number of hydrogen-bond donors (Lipinski definition) is 1. The molecule has 0 aromatic carbocycles. The lowest BCUT2D eigenvalue weighted by molar-refractivity contribution is -0.122. The average Bonchev–Trinajstić information content (AvgIpc) is 2.33. The van der Waals surface area contributed by atoms with Crippen molar-refractivity contribution in [1.82, 2.24) is 15.3 Å². The molecular formula is C10H11N5O. The Morgan fingerprint density at radius 3 is 3.06 bits per heavy atom. The number of amides is 1. The minimum atomic E-state index is -0.322. The summed E-state index contributed by atoms with van der Waals surface area (Å²) in [5.74, 6) is 0.424. The molecule has 0 spiro atoms. The smallest absolute Gasteiger partial charge is 0.242 e. The van der Waals surface area contributed by atoms with E-state index in [9.17, 15) is 4.79 Å². The first-order chi connectivity index (χ1) is 7.74. The number of piperazine rings is 1. The van der Waals surface area contributed by atoms with Gasteiger partial charge in [0, 0.05) is 25.5 Å². The van der Waals surface area contributed by atoms with Crippen LogP contribution in [0.2, 0.25) is 0 Å². The highest BCUT2D eigenvalue weighted by Crippen LogP contribution is 2.18. The molecule has 1 unspecified atom stereocenters. The molecule has 0 bridgehead atoms. The van der Waals surface area contributed by atoms with Gasteiger partial charge in [-0.1, -0.05) is 0 Å². The fraction of sp³-hybridized carbons (Fsp3) is 0.400. The monoisotopic (exact) mass is 217 g/mol. The third kappa shape index (κ3) is 1.67. The Morgan fingerprint density at radius 1 is 1.56 bits per heavy atom. The average molecular weight is 217 g/mol. The van der Waals surface area contributed by atoms with Crippen LogP contribution in [0.4, 0.5) is 5.82 Å². The van der Waals surface area contributed by atoms with E-state index >= 15 is 0 Å². The number of carbonyl (C=O) groups is 1. The van der Waals surface area contributed by atoms with Gasteiger partial charge in [-0.15, -0.1) is 0 Å². The predicted octanol–water partition coefficient (Wildman–Crippen LogP) is -0.327. The summed E-state index contributed by atoms with van der Waals surface area (Å²) < 4.78 is 0. The van der Waals surface area contributed by atoms with Gasteiger partial charge in [-0.05, 0) is 6.92 Å². The molecule has 0 radical (unpaired) electrons. The number of anilines is 1. The van der Waals surface area contributed by atoms with Crippen LogP contribution >= 0.6 is 0 Å². The maximum absolute atomic E-state index is 11.5. The van der Waals surface area contributed by atoms with Crippen molar-refractivity contribution in [2.24, 2.45) is 0 Å². The van der Waals surface area contributed by atoms with E-state index in [1.54, 1.807) is 11.8 Å². The lowest BCUT2D eigenvalue weighted by atomic mass is 10.2. The van der Waals surface area contributed by atoms with Crippen LogP contribution in [0.25, 0.3) is 0 Å². The molecule has 1 aliphatic rings. The van der Waals surface area contributed by atoms with Gasteiger partial charge < -0.3 is 10.2 Å². The molecule has 1 aromatic heterocycles. The number of nitrogens with zero attached hydrogens (tertiary/aromatic N) is 4. The quantitative estimate of drug-likeness (QED) is 0.696. The van der Waals surface area contributed by atoms with Crippen LogP contribution in [-0.4, -0.2) is 35.0 Å². The van der Waals surface area contributed by atoms with Crippen LogP contribution in [0.15, 0.2) is 12.4 Å². The molecule has 16 heavy (non-hydrogen) atoms. The molecule has 1 aromatic rings. The largest absolute Gasteiger partial charge is 0.353 e. The van der Waals surface area contributed by atoms with E-state index in [2.05, 4.69) is 15.3 Å². The third-order valence-electron chi connectivity index (χ3n) is 2.56. The van der Waals surface area contributed by atoms with Crippen LogP contribution in [0.1, 0.15) is 12.6 Å². The SMILES string of the molecule is CC1C(=O)NCCN1c1nccnc1C#N. The number of carbonyl (C=O) groups excluding carboxylic acids is 1. The van der Waals surface area contributed by atoms with Crippen molar-refractivity contribution in [1.29, 1.82) is 5.26 Å². The highest BCUT2D eigenvalue weighted by Gasteiger charge is 2.28. The van der Waals surface area contributed by atoms with Gasteiger partial charge in [-0.3, -0.25) is 4.79 Å². The second-order valence-electron chi connectivity index (χ2n) is 3.50. The standard InChI is InChI=1S/C10H11N5O/c1-7-10(16)14-4-5-15(7)9-8(6-11)12-2-3-13-9/h2-3,7H,4-5H2,1H3,(H,14,16). The first-order valence-electron chi connectivity index (χ1n) is 4.99. The van der Waals surface area contributed by atoms with Crippen LogP contribution in [0.5, 0.6) is 0 Å². The Labute approximate surface area is 92.9 Å². The van der Waals surface area contributed by atoms with Gasteiger partial charge in [-0.25, -0.2) is 9.97 Å². The minimum Gasteiger partial charge on any atom is -0.353 e. The van der Waals surface area contributed by atoms with Crippen LogP contribution < -0.4 is 10.2 Å². The number of hydrogen-bond acceptors (Lipinski definition) is 5. The first kappa shape index (κ1) is 10.4. The zero-order valence-corrected chi connectivity index (χ0v) is 8.84. The van der Waals surface area contributed by atoms with E-state index in [1.807, 2.05) is 6.07 Å². The van der Waals surface area contributed by atoms with Crippen LogP contribution in [0, 0.1) is 11.3 Å². The molecule has 1 aliphatic heterocycles. The van der Waals surface area contributed by atoms with Crippen LogP contribution in [0.3, 0.4) is 0 Å². The first-order valence-corrected chi connectivity index (χ1v) is 4.99. The molecule has 1 amide bonds. The summed E-state index contributed by atoms with van der Waals surface area (Å²) in [7, 11) is 0. The zero-order valence-electron chi connectivity index (χ0n) is 8.84. The van der Waals surface area contributed by atoms with Gasteiger partial charge in [-0.2, -0.15) is 5.26 Å². The van der Waals surface area contributed by atoms with Gasteiger partial charge >= 0.3 is 0 Å². The minimum absolute atomic E-state index is 0.0548. The second kappa shape index (κ2) is 4.14. The Balaban J connectivity index is 2.36. The van der Waals surface area contributed by atoms with Crippen LogP contribution in [-0.2, 0) is 4.79 Å². The van der Waals surface area contributed by atoms with Gasteiger partial charge in [0.1, 0.15) is 12.1 Å². The van der Waals surface area contributed by atoms with Crippen molar-refractivity contribution < 1.29 is 4.79 Å². The Morgan fingerprint density at radius 2 is 2.31 bits per heavy atom. The summed E-state index contributed by atoms with van der Waals surface area (Å²) in [6, 6.07) is 1.66. The number of nitriles is 1. The lowest BCUT2D eigenvalue weighted by Crippen LogP contribution is -2.54. The van der Waals surface area contributed by atoms with Crippen molar-refractivity contribution in [2.75, 3.05) is 18.0 Å². The molecule has 6 heteroatoms. The maximum Gasteiger partial charge on any atom is 0.242 e. The number of nitrogens with one attached hydrogen (secondary N) is 1. The summed E-state index contributed by atoms with van der Waals surface area (Å²) in [4.78, 5) is 21.3. The molecule has 82 valence electrons. The van der Waals surface area contributed by atoms with E-state index in [4.69, 9.17) is 5.26 Å². The summed E-state index contributed by atoms with van der Waals surface area (Å²) >= 11 is 0. The fourth-order valence-electron chi connectivity index (χ4n) is 1.69. The lowest BCUT2D eigenvalue weighted by Gasteiger charge is -2.33. The van der Waals surface area contributed by atoms with Crippen molar-refractivity contribution in [2.45, 2.75) is 13.0 Å². The topological polar surface area (TPSA) is 81.9 Å². The molecule has 1 saturated heterocycles. The van der Waals surface area contributed by atoms with Gasteiger partial charge in [0.2, 0.25) is 5.91 Å². The van der Waals surface area contributed by atoms with E-state index in [0.717, 1.165) is 0 Å². The molecule has 1 N–H and O–H groups in total. The number of aromatic nitrogens is 2. The van der Waals surface area contributed by atoms with Crippen molar-refractivity contribution in [3.05, 3.63) is 18.1 Å². The van der Waals surface area contributed by atoms with Gasteiger partial charge in [0.25, 0.3) is 0 Å². The van der Waals surface area contributed by atoms with E-state index in [0.29, 0.717) is 18.9 Å². The Kier molecular flexibility index (Phi) is 2.68. The molecule has 1 atom stereocenters. The highest BCUT2D eigenvalue weighted by molar-refractivity contribution is 5.86. The third-order valence-corrected chi connectivity index (χ3v) is 2.56. The summed E-state index contributed by atoms with van der Waals surface area (Å²) in [5, 5.41) is 11.7. The summed E-state index contributed by atoms with van der Waals surface area (Å²) in [5.41, 5.74) is 0.254. The van der Waals surface area contributed by atoms with E-state index in [1.165, 1.54) is 12.4 Å². The molecule has 1 fully saturated rings. The predicted molar refractivity (Wildman–Crippen MR) is 56.6 cm³/mol. The normalized spacial score (nSPS) is 20.1. The summed E-state index contributed by atoms with van der Waals surface area (Å²) in [6.45, 7) is 2.98. The zero-order chi connectivity index (χ0) is 11.5. The van der Waals surface area contributed by atoms with Gasteiger partial charge in [0.15, 0.2) is 11.5 Å². The Hall–Kier alpha value is -2.16. The molecule has 0 saturated carbocycles. The maximum atomic E-state index is 11.5. The Bertz CT molecular complexity index is 453. The number of rotatable bonds is 1. The molecule has 6 nitrogen and oxygen atoms in total. The van der Waals surface area contributed by atoms with E-state index < -0.39 is 0 Å². The van der Waals surface area contributed by atoms with Crippen molar-refractivity contribution in [3.8, 4) is 6.07 Å². The van der Waals surface area contributed by atoms with Crippen molar-refractivity contribution >= 4 is 11.7 Å². The molecular weight excluding hydrogens is 206 g/mol. The highest BCUT2D eigenvalue weighted by atomic mass is 16.2. The fourth-order valence-corrected chi connectivity index (χ4v) is 1.69. The molecule has 0 aliphatic carbocycles. The molecule has 2 heterocycles. The van der Waals surface area contributed by atoms with E-state index in [-0.39, 0.29) is 17.6 Å².